The molecule has 0 amide bonds. The maximum atomic E-state index is 12.3. The third-order valence-electron chi connectivity index (χ3n) is 1.96. The molecule has 20 heavy (non-hydrogen) atoms. The van der Waals surface area contributed by atoms with E-state index in [1.165, 1.54) is 0 Å². The van der Waals surface area contributed by atoms with Crippen LogP contribution in [0.5, 0.6) is 5.75 Å². The topological polar surface area (TPSA) is 52.4 Å². The first-order valence-corrected chi connectivity index (χ1v) is 5.46. The van der Waals surface area contributed by atoms with Crippen molar-refractivity contribution in [2.45, 2.75) is 18.5 Å². The molecular weight excluding hydrogens is 364 g/mol. The van der Waals surface area contributed by atoms with E-state index in [2.05, 4.69) is 20.7 Å². The molecule has 112 valence electrons. The molecular formula is C9H4BrF6NO3. The van der Waals surface area contributed by atoms with Crippen molar-refractivity contribution in [2.24, 2.45) is 0 Å². The molecule has 1 aromatic carbocycles. The summed E-state index contributed by atoms with van der Waals surface area (Å²) in [7, 11) is 0. The number of halogens is 7. The van der Waals surface area contributed by atoms with Crippen LogP contribution in [0.4, 0.5) is 32.0 Å². The SMILES string of the molecule is O=[N+]([O-])c1cc(Br)ccc1OC(C(F)(F)F)C(F)(F)F. The molecule has 0 heterocycles. The lowest BCUT2D eigenvalue weighted by molar-refractivity contribution is -0.387. The first kappa shape index (κ1) is 16.5. The minimum absolute atomic E-state index is 0.104. The molecule has 0 aliphatic heterocycles. The first-order chi connectivity index (χ1) is 8.93. The zero-order valence-corrected chi connectivity index (χ0v) is 10.7. The quantitative estimate of drug-likeness (QED) is 0.456. The monoisotopic (exact) mass is 367 g/mol. The van der Waals surface area contributed by atoms with Gasteiger partial charge in [-0.25, -0.2) is 0 Å². The molecule has 0 aliphatic rings. The molecule has 0 radical (unpaired) electrons. The van der Waals surface area contributed by atoms with Gasteiger partial charge in [-0.1, -0.05) is 15.9 Å². The zero-order valence-electron chi connectivity index (χ0n) is 9.13. The van der Waals surface area contributed by atoms with E-state index in [-0.39, 0.29) is 4.47 Å². The molecule has 0 atom stereocenters. The summed E-state index contributed by atoms with van der Waals surface area (Å²) in [6.07, 6.45) is -15.6. The Kier molecular flexibility index (Phi) is 4.52. The number of nitrogens with zero attached hydrogens (tertiary/aromatic N) is 1. The fourth-order valence-corrected chi connectivity index (χ4v) is 1.53. The van der Waals surface area contributed by atoms with Gasteiger partial charge < -0.3 is 4.74 Å². The lowest BCUT2D eigenvalue weighted by Gasteiger charge is -2.23. The fraction of sp³-hybridized carbons (Fsp3) is 0.333. The molecule has 0 saturated heterocycles. The van der Waals surface area contributed by atoms with Crippen LogP contribution in [-0.2, 0) is 0 Å². The Hall–Kier alpha value is -1.52. The Balaban J connectivity index is 3.22. The molecule has 0 fully saturated rings. The van der Waals surface area contributed by atoms with Crippen molar-refractivity contribution in [1.29, 1.82) is 0 Å². The summed E-state index contributed by atoms with van der Waals surface area (Å²) < 4.78 is 77.6. The molecule has 0 unspecified atom stereocenters. The van der Waals surface area contributed by atoms with E-state index in [9.17, 15) is 36.5 Å². The Morgan fingerprint density at radius 3 is 2.05 bits per heavy atom. The van der Waals surface area contributed by atoms with Crippen LogP contribution in [0.1, 0.15) is 0 Å². The number of alkyl halides is 6. The van der Waals surface area contributed by atoms with Crippen molar-refractivity contribution >= 4 is 21.6 Å². The van der Waals surface area contributed by atoms with Crippen molar-refractivity contribution in [3.8, 4) is 5.75 Å². The van der Waals surface area contributed by atoms with E-state index in [1.807, 2.05) is 0 Å². The van der Waals surface area contributed by atoms with Crippen LogP contribution in [0, 0.1) is 10.1 Å². The summed E-state index contributed by atoms with van der Waals surface area (Å²) in [4.78, 5) is 9.45. The van der Waals surface area contributed by atoms with Gasteiger partial charge in [0.2, 0.25) is 0 Å². The van der Waals surface area contributed by atoms with E-state index >= 15 is 0 Å². The van der Waals surface area contributed by atoms with E-state index < -0.39 is 34.8 Å². The van der Waals surface area contributed by atoms with Crippen LogP contribution < -0.4 is 4.74 Å². The van der Waals surface area contributed by atoms with Crippen molar-refractivity contribution in [1.82, 2.24) is 0 Å². The maximum absolute atomic E-state index is 12.3. The lowest BCUT2D eigenvalue weighted by Crippen LogP contribution is -2.46. The van der Waals surface area contributed by atoms with E-state index in [1.54, 1.807) is 0 Å². The second-order valence-electron chi connectivity index (χ2n) is 3.45. The van der Waals surface area contributed by atoms with Crippen LogP contribution in [-0.4, -0.2) is 23.4 Å². The van der Waals surface area contributed by atoms with Gasteiger partial charge in [-0.3, -0.25) is 10.1 Å². The average molecular weight is 368 g/mol. The summed E-state index contributed by atoms with van der Waals surface area (Å²) in [5.41, 5.74) is -1.02. The second-order valence-corrected chi connectivity index (χ2v) is 4.37. The Morgan fingerprint density at radius 1 is 1.15 bits per heavy atom. The molecule has 4 nitrogen and oxygen atoms in total. The van der Waals surface area contributed by atoms with Gasteiger partial charge in [0.25, 0.3) is 6.10 Å². The van der Waals surface area contributed by atoms with Crippen LogP contribution in [0.15, 0.2) is 22.7 Å². The van der Waals surface area contributed by atoms with Crippen molar-refractivity contribution in [3.05, 3.63) is 32.8 Å². The predicted octanol–water partition coefficient (Wildman–Crippen LogP) is 4.23. The molecule has 0 spiro atoms. The van der Waals surface area contributed by atoms with Crippen LogP contribution >= 0.6 is 15.9 Å². The second kappa shape index (κ2) is 5.46. The molecule has 0 bridgehead atoms. The standard InChI is InChI=1S/C9H4BrF6NO3/c10-4-1-2-6(5(3-4)17(18)19)20-7(8(11,12)13)9(14,15)16/h1-3,7H. The van der Waals surface area contributed by atoms with Crippen molar-refractivity contribution < 1.29 is 36.0 Å². The summed E-state index contributed by atoms with van der Waals surface area (Å²) in [5, 5.41) is 10.6. The Bertz CT molecular complexity index is 501. The van der Waals surface area contributed by atoms with Crippen LogP contribution in [0.25, 0.3) is 0 Å². The highest BCUT2D eigenvalue weighted by molar-refractivity contribution is 9.10. The van der Waals surface area contributed by atoms with Gasteiger partial charge in [0.05, 0.1) is 4.92 Å². The normalized spacial score (nSPS) is 12.6. The number of nitro benzene ring substituents is 1. The van der Waals surface area contributed by atoms with Crippen LogP contribution in [0.3, 0.4) is 0 Å². The van der Waals surface area contributed by atoms with Gasteiger partial charge in [-0.05, 0) is 12.1 Å². The highest BCUT2D eigenvalue weighted by Gasteiger charge is 2.59. The predicted molar refractivity (Wildman–Crippen MR) is 57.3 cm³/mol. The highest BCUT2D eigenvalue weighted by atomic mass is 79.9. The van der Waals surface area contributed by atoms with E-state index in [4.69, 9.17) is 0 Å². The van der Waals surface area contributed by atoms with Gasteiger partial charge >= 0.3 is 18.0 Å². The Labute approximate surface area is 115 Å². The van der Waals surface area contributed by atoms with Gasteiger partial charge in [-0.15, -0.1) is 0 Å². The van der Waals surface area contributed by atoms with Gasteiger partial charge in [0.15, 0.2) is 5.75 Å². The maximum Gasteiger partial charge on any atom is 0.434 e. The summed E-state index contributed by atoms with van der Waals surface area (Å²) >= 11 is 2.81. The summed E-state index contributed by atoms with van der Waals surface area (Å²) in [6, 6.07) is 2.40. The van der Waals surface area contributed by atoms with E-state index in [0.29, 0.717) is 6.07 Å². The van der Waals surface area contributed by atoms with Gasteiger partial charge in [0, 0.05) is 10.5 Å². The van der Waals surface area contributed by atoms with Crippen molar-refractivity contribution in [2.75, 3.05) is 0 Å². The summed E-state index contributed by atoms with van der Waals surface area (Å²) in [6.45, 7) is 0. The minimum Gasteiger partial charge on any atom is -0.464 e. The third-order valence-corrected chi connectivity index (χ3v) is 2.45. The number of nitro groups is 1. The minimum atomic E-state index is -5.75. The van der Waals surface area contributed by atoms with Crippen molar-refractivity contribution in [3.63, 3.8) is 0 Å². The molecule has 11 heteroatoms. The average Bonchev–Trinajstić information content (AvgIpc) is 2.23. The molecule has 1 aromatic rings. The summed E-state index contributed by atoms with van der Waals surface area (Å²) in [5.74, 6) is -1.13. The van der Waals surface area contributed by atoms with Crippen LogP contribution in [0.2, 0.25) is 0 Å². The zero-order chi connectivity index (χ0) is 15.7. The highest BCUT2D eigenvalue weighted by Crippen LogP contribution is 2.39. The lowest BCUT2D eigenvalue weighted by atomic mass is 10.2. The molecule has 0 aromatic heterocycles. The van der Waals surface area contributed by atoms with Gasteiger partial charge in [-0.2, -0.15) is 26.3 Å². The Morgan fingerprint density at radius 2 is 1.65 bits per heavy atom. The molecule has 0 aliphatic carbocycles. The van der Waals surface area contributed by atoms with Gasteiger partial charge in [0.1, 0.15) is 0 Å². The number of hydrogen-bond acceptors (Lipinski definition) is 3. The number of benzene rings is 1. The fourth-order valence-electron chi connectivity index (χ4n) is 1.18. The molecule has 1 rings (SSSR count). The largest absolute Gasteiger partial charge is 0.464 e. The third kappa shape index (κ3) is 3.99. The number of rotatable bonds is 3. The number of hydrogen-bond donors (Lipinski definition) is 0. The van der Waals surface area contributed by atoms with E-state index in [0.717, 1.165) is 12.1 Å². The molecule has 0 saturated carbocycles. The first-order valence-electron chi connectivity index (χ1n) is 4.67. The molecule has 0 N–H and O–H groups in total. The number of ether oxygens (including phenoxy) is 1. The smallest absolute Gasteiger partial charge is 0.434 e.